The zero-order valence-electron chi connectivity index (χ0n) is 13.3. The topological polar surface area (TPSA) is 29.4 Å². The van der Waals surface area contributed by atoms with E-state index in [0.717, 1.165) is 6.42 Å². The molecular weight excluding hydrogens is 234 g/mol. The first-order chi connectivity index (χ1) is 9.24. The Morgan fingerprint density at radius 1 is 0.789 bits per heavy atom. The van der Waals surface area contributed by atoms with Gasteiger partial charge in [0.05, 0.1) is 6.54 Å². The van der Waals surface area contributed by atoms with Gasteiger partial charge in [-0.1, -0.05) is 59.3 Å². The van der Waals surface area contributed by atoms with E-state index in [0.29, 0.717) is 12.0 Å². The summed E-state index contributed by atoms with van der Waals surface area (Å²) in [7, 11) is 0. The summed E-state index contributed by atoms with van der Waals surface area (Å²) in [5.41, 5.74) is 0.514. The van der Waals surface area contributed by atoms with Crippen molar-refractivity contribution in [2.24, 2.45) is 10.4 Å². The second-order valence-electron chi connectivity index (χ2n) is 5.89. The number of nitrogens with zero attached hydrogens (tertiary/aromatic N) is 1. The van der Waals surface area contributed by atoms with Crippen LogP contribution in [0.2, 0.25) is 0 Å². The molecule has 112 valence electrons. The van der Waals surface area contributed by atoms with Crippen molar-refractivity contribution in [3.05, 3.63) is 0 Å². The summed E-state index contributed by atoms with van der Waals surface area (Å²) in [6.45, 7) is 7.50. The second kappa shape index (κ2) is 12.4. The Morgan fingerprint density at radius 3 is 1.58 bits per heavy atom. The maximum atomic E-state index is 10.2. The third kappa shape index (κ3) is 8.99. The lowest BCUT2D eigenvalue weighted by Gasteiger charge is -2.34. The molecule has 0 N–H and O–H groups in total. The molecule has 0 saturated heterocycles. The summed E-state index contributed by atoms with van der Waals surface area (Å²) >= 11 is 0. The molecule has 0 rings (SSSR count). The highest BCUT2D eigenvalue weighted by Gasteiger charge is 2.27. The Hall–Kier alpha value is -0.620. The van der Waals surface area contributed by atoms with Gasteiger partial charge in [-0.2, -0.15) is 0 Å². The van der Waals surface area contributed by atoms with Crippen LogP contribution in [0.25, 0.3) is 0 Å². The SMILES string of the molecule is CCCCC(CCCC)(CCCC)CCCN=C=O. The van der Waals surface area contributed by atoms with E-state index in [4.69, 9.17) is 0 Å². The van der Waals surface area contributed by atoms with E-state index in [1.54, 1.807) is 6.08 Å². The van der Waals surface area contributed by atoms with Crippen LogP contribution in [0.3, 0.4) is 0 Å². The van der Waals surface area contributed by atoms with Gasteiger partial charge in [0.1, 0.15) is 0 Å². The molecule has 0 aliphatic heterocycles. The smallest absolute Gasteiger partial charge is 0.211 e. The molecule has 0 heterocycles. The van der Waals surface area contributed by atoms with Crippen LogP contribution < -0.4 is 0 Å². The normalized spacial score (nSPS) is 11.3. The molecule has 0 aliphatic carbocycles. The maximum Gasteiger partial charge on any atom is 0.234 e. The fraction of sp³-hybridized carbons (Fsp3) is 0.941. The molecule has 0 atom stereocenters. The zero-order chi connectivity index (χ0) is 14.4. The number of hydrogen-bond acceptors (Lipinski definition) is 2. The molecular formula is C17H33NO. The van der Waals surface area contributed by atoms with E-state index in [-0.39, 0.29) is 0 Å². The lowest BCUT2D eigenvalue weighted by Crippen LogP contribution is -2.21. The minimum Gasteiger partial charge on any atom is -0.211 e. The molecule has 2 heteroatoms. The Bertz CT molecular complexity index is 222. The molecule has 0 spiro atoms. The fourth-order valence-electron chi connectivity index (χ4n) is 2.98. The predicted molar refractivity (Wildman–Crippen MR) is 83.2 cm³/mol. The molecule has 0 aliphatic rings. The molecule has 0 bridgehead atoms. The highest BCUT2D eigenvalue weighted by atomic mass is 16.1. The lowest BCUT2D eigenvalue weighted by molar-refractivity contribution is 0.179. The van der Waals surface area contributed by atoms with Gasteiger partial charge in [-0.25, -0.2) is 9.79 Å². The Labute approximate surface area is 120 Å². The van der Waals surface area contributed by atoms with Crippen LogP contribution in [0.4, 0.5) is 0 Å². The number of isocyanates is 1. The van der Waals surface area contributed by atoms with Crippen LogP contribution in [0.15, 0.2) is 4.99 Å². The van der Waals surface area contributed by atoms with Crippen LogP contribution in [0.1, 0.15) is 91.4 Å². The Balaban J connectivity index is 4.50. The van der Waals surface area contributed by atoms with Crippen molar-refractivity contribution < 1.29 is 4.79 Å². The molecule has 0 aromatic rings. The van der Waals surface area contributed by atoms with Crippen molar-refractivity contribution in [3.63, 3.8) is 0 Å². The van der Waals surface area contributed by atoms with Crippen LogP contribution >= 0.6 is 0 Å². The van der Waals surface area contributed by atoms with Gasteiger partial charge in [-0.15, -0.1) is 0 Å². The van der Waals surface area contributed by atoms with E-state index >= 15 is 0 Å². The third-order valence-corrected chi connectivity index (χ3v) is 4.22. The zero-order valence-corrected chi connectivity index (χ0v) is 13.3. The van der Waals surface area contributed by atoms with E-state index in [1.165, 1.54) is 64.2 Å². The van der Waals surface area contributed by atoms with Crippen LogP contribution in [-0.2, 0) is 4.79 Å². The van der Waals surface area contributed by atoms with Gasteiger partial charge in [0.15, 0.2) is 0 Å². The highest BCUT2D eigenvalue weighted by Crippen LogP contribution is 2.40. The van der Waals surface area contributed by atoms with E-state index in [2.05, 4.69) is 25.8 Å². The standard InChI is InChI=1S/C17H33NO/c1-4-7-11-17(12-8-5-2,13-9-6-3)14-10-15-18-16-19/h4-15H2,1-3H3. The molecule has 0 amide bonds. The summed E-state index contributed by atoms with van der Waals surface area (Å²) in [4.78, 5) is 13.9. The molecule has 19 heavy (non-hydrogen) atoms. The minimum atomic E-state index is 0.514. The molecule has 2 nitrogen and oxygen atoms in total. The fourth-order valence-corrected chi connectivity index (χ4v) is 2.98. The van der Waals surface area contributed by atoms with Crippen molar-refractivity contribution in [2.45, 2.75) is 91.4 Å². The Morgan fingerprint density at radius 2 is 1.21 bits per heavy atom. The second-order valence-corrected chi connectivity index (χ2v) is 5.89. The maximum absolute atomic E-state index is 10.2. The van der Waals surface area contributed by atoms with Crippen LogP contribution in [-0.4, -0.2) is 12.6 Å². The molecule has 0 fully saturated rings. The quantitative estimate of drug-likeness (QED) is 0.240. The number of carbonyl (C=O) groups excluding carboxylic acids is 1. The summed E-state index contributed by atoms with van der Waals surface area (Å²) in [5, 5.41) is 0. The molecule has 0 unspecified atom stereocenters. The van der Waals surface area contributed by atoms with Crippen molar-refractivity contribution >= 4 is 6.08 Å². The molecule has 0 saturated carbocycles. The van der Waals surface area contributed by atoms with Crippen molar-refractivity contribution in [1.29, 1.82) is 0 Å². The monoisotopic (exact) mass is 267 g/mol. The van der Waals surface area contributed by atoms with E-state index in [9.17, 15) is 4.79 Å². The van der Waals surface area contributed by atoms with E-state index < -0.39 is 0 Å². The molecule has 0 aromatic heterocycles. The van der Waals surface area contributed by atoms with Gasteiger partial charge in [-0.05, 0) is 37.5 Å². The number of rotatable bonds is 13. The first-order valence-electron chi connectivity index (χ1n) is 8.28. The molecule has 0 aromatic carbocycles. The van der Waals surface area contributed by atoms with Gasteiger partial charge in [0, 0.05) is 0 Å². The lowest BCUT2D eigenvalue weighted by atomic mass is 9.71. The third-order valence-electron chi connectivity index (χ3n) is 4.22. The number of hydrogen-bond donors (Lipinski definition) is 0. The minimum absolute atomic E-state index is 0.514. The average molecular weight is 267 g/mol. The first kappa shape index (κ1) is 18.4. The van der Waals surface area contributed by atoms with Gasteiger partial charge < -0.3 is 0 Å². The number of aliphatic imine (C=N–C) groups is 1. The van der Waals surface area contributed by atoms with Crippen LogP contribution in [0.5, 0.6) is 0 Å². The van der Waals surface area contributed by atoms with Crippen molar-refractivity contribution in [2.75, 3.05) is 6.54 Å². The Kier molecular flexibility index (Phi) is 12.0. The summed E-state index contributed by atoms with van der Waals surface area (Å²) in [5.74, 6) is 0. The van der Waals surface area contributed by atoms with Gasteiger partial charge in [0.2, 0.25) is 6.08 Å². The predicted octanol–water partition coefficient (Wildman–Crippen LogP) is 5.66. The van der Waals surface area contributed by atoms with Gasteiger partial charge >= 0.3 is 0 Å². The largest absolute Gasteiger partial charge is 0.234 e. The summed E-state index contributed by atoms with van der Waals surface area (Å²) in [6.07, 6.45) is 15.9. The number of unbranched alkanes of at least 4 members (excludes halogenated alkanes) is 3. The van der Waals surface area contributed by atoms with Crippen molar-refractivity contribution in [3.8, 4) is 0 Å². The van der Waals surface area contributed by atoms with E-state index in [1.807, 2.05) is 0 Å². The van der Waals surface area contributed by atoms with Gasteiger partial charge in [0.25, 0.3) is 0 Å². The van der Waals surface area contributed by atoms with Crippen molar-refractivity contribution in [1.82, 2.24) is 0 Å². The molecule has 0 radical (unpaired) electrons. The summed E-state index contributed by atoms with van der Waals surface area (Å²) < 4.78 is 0. The summed E-state index contributed by atoms with van der Waals surface area (Å²) in [6, 6.07) is 0. The van der Waals surface area contributed by atoms with Crippen LogP contribution in [0, 0.1) is 5.41 Å². The van der Waals surface area contributed by atoms with Gasteiger partial charge in [-0.3, -0.25) is 0 Å². The average Bonchev–Trinajstić information content (AvgIpc) is 2.44. The highest BCUT2D eigenvalue weighted by molar-refractivity contribution is 5.32. The first-order valence-corrected chi connectivity index (χ1v) is 8.28.